The smallest absolute Gasteiger partial charge is 0.286 e. The zero-order valence-corrected chi connectivity index (χ0v) is 20.0. The third-order valence-corrected chi connectivity index (χ3v) is 7.02. The molecule has 0 aliphatic carbocycles. The van der Waals surface area contributed by atoms with Crippen LogP contribution in [0.4, 0.5) is 11.4 Å². The van der Waals surface area contributed by atoms with Crippen molar-refractivity contribution in [1.82, 2.24) is 0 Å². The fourth-order valence-corrected chi connectivity index (χ4v) is 5.47. The summed E-state index contributed by atoms with van der Waals surface area (Å²) in [5.41, 5.74) is 3.55. The first kappa shape index (κ1) is 22.5. The number of nitrogens with zero attached hydrogens (tertiary/aromatic N) is 2. The molecule has 1 N–H and O–H groups in total. The number of halogens is 1. The normalized spacial score (nSPS) is 14.8. The lowest BCUT2D eigenvalue weighted by Gasteiger charge is -2.29. The summed E-state index contributed by atoms with van der Waals surface area (Å²) in [6.45, 7) is 8.40. The third-order valence-electron chi connectivity index (χ3n) is 5.17. The van der Waals surface area contributed by atoms with Gasteiger partial charge in [0.15, 0.2) is 0 Å². The molecule has 1 aliphatic rings. The molecule has 0 aromatic heterocycles. The number of rotatable bonds is 6. The average molecular weight is 492 g/mol. The quantitative estimate of drug-likeness (QED) is 0.594. The predicted molar refractivity (Wildman–Crippen MR) is 125 cm³/mol. The molecular weight excluding hydrogens is 466 g/mol. The molecule has 0 spiro atoms. The Balaban J connectivity index is 1.98. The molecule has 8 heteroatoms. The first-order chi connectivity index (χ1) is 14.2. The molecule has 1 aliphatic heterocycles. The van der Waals surface area contributed by atoms with Crippen LogP contribution in [0.2, 0.25) is 0 Å². The summed E-state index contributed by atoms with van der Waals surface area (Å²) in [4.78, 5) is 14.9. The second-order valence-corrected chi connectivity index (χ2v) is 9.85. The van der Waals surface area contributed by atoms with Gasteiger partial charge < -0.3 is 10.2 Å². The Morgan fingerprint density at radius 3 is 2.57 bits per heavy atom. The monoisotopic (exact) mass is 491 g/mol. The second-order valence-electron chi connectivity index (χ2n) is 7.37. The van der Waals surface area contributed by atoms with E-state index in [0.717, 1.165) is 40.5 Å². The minimum absolute atomic E-state index is 0.0695. The van der Waals surface area contributed by atoms with Crippen molar-refractivity contribution in [1.29, 1.82) is 0 Å². The van der Waals surface area contributed by atoms with E-state index in [1.54, 1.807) is 19.1 Å². The average Bonchev–Trinajstić information content (AvgIpc) is 2.68. The minimum Gasteiger partial charge on any atom is -0.328 e. The number of carbonyl (C=O) groups excluding carboxylic acids is 1. The van der Waals surface area contributed by atoms with Crippen molar-refractivity contribution in [2.75, 3.05) is 16.8 Å². The van der Waals surface area contributed by atoms with Crippen LogP contribution in [0.1, 0.15) is 55.1 Å². The molecule has 3 rings (SSSR count). The van der Waals surface area contributed by atoms with E-state index in [1.807, 2.05) is 30.9 Å². The SMILES string of the molecule is CCCCN1C(C)=NS(=O)(=O)c2cc(C(=O)Nc3c(C)cc(Br)cc3CC)ccc21. The van der Waals surface area contributed by atoms with Crippen molar-refractivity contribution in [3.05, 3.63) is 51.5 Å². The predicted octanol–water partition coefficient (Wildman–Crippen LogP) is 5.30. The Kier molecular flexibility index (Phi) is 6.67. The maximum Gasteiger partial charge on any atom is 0.286 e. The maximum absolute atomic E-state index is 13.0. The lowest BCUT2D eigenvalue weighted by Crippen LogP contribution is -2.34. The number of aryl methyl sites for hydroxylation is 2. The molecule has 0 bridgehead atoms. The summed E-state index contributed by atoms with van der Waals surface area (Å²) in [7, 11) is -3.84. The van der Waals surface area contributed by atoms with E-state index in [9.17, 15) is 13.2 Å². The number of sulfonamides is 1. The largest absolute Gasteiger partial charge is 0.328 e. The third kappa shape index (κ3) is 4.44. The second kappa shape index (κ2) is 8.89. The number of benzene rings is 2. The first-order valence-electron chi connectivity index (χ1n) is 10.0. The van der Waals surface area contributed by atoms with E-state index in [0.29, 0.717) is 18.1 Å². The lowest BCUT2D eigenvalue weighted by atomic mass is 10.1. The molecular formula is C22H26BrN3O3S. The van der Waals surface area contributed by atoms with Gasteiger partial charge in [-0.25, -0.2) is 0 Å². The van der Waals surface area contributed by atoms with Crippen LogP contribution in [0.15, 0.2) is 44.1 Å². The van der Waals surface area contributed by atoms with Crippen LogP contribution >= 0.6 is 15.9 Å². The van der Waals surface area contributed by atoms with Gasteiger partial charge in [0.25, 0.3) is 15.9 Å². The molecule has 0 fully saturated rings. The minimum atomic E-state index is -3.84. The summed E-state index contributed by atoms with van der Waals surface area (Å²) in [6.07, 6.45) is 2.66. The molecule has 0 saturated carbocycles. The summed E-state index contributed by atoms with van der Waals surface area (Å²) < 4.78 is 30.2. The van der Waals surface area contributed by atoms with Gasteiger partial charge in [-0.1, -0.05) is 36.2 Å². The molecule has 6 nitrogen and oxygen atoms in total. The molecule has 0 unspecified atom stereocenters. The van der Waals surface area contributed by atoms with E-state index in [2.05, 4.69) is 32.6 Å². The van der Waals surface area contributed by atoms with Gasteiger partial charge in [0, 0.05) is 22.3 Å². The van der Waals surface area contributed by atoms with Crippen LogP contribution in [-0.4, -0.2) is 26.7 Å². The van der Waals surface area contributed by atoms with E-state index >= 15 is 0 Å². The maximum atomic E-state index is 13.0. The molecule has 2 aromatic rings. The summed E-state index contributed by atoms with van der Waals surface area (Å²) >= 11 is 3.48. The number of hydrogen-bond donors (Lipinski definition) is 1. The highest BCUT2D eigenvalue weighted by Gasteiger charge is 2.29. The Labute approximate surface area is 186 Å². The van der Waals surface area contributed by atoms with Crippen LogP contribution in [0, 0.1) is 6.92 Å². The number of amides is 1. The van der Waals surface area contributed by atoms with Crippen molar-refractivity contribution >= 4 is 49.1 Å². The molecule has 0 radical (unpaired) electrons. The summed E-state index contributed by atoms with van der Waals surface area (Å²) in [5.74, 6) is 0.103. The highest BCUT2D eigenvalue weighted by molar-refractivity contribution is 9.10. The summed E-state index contributed by atoms with van der Waals surface area (Å²) in [5, 5.41) is 2.96. The molecule has 0 saturated heterocycles. The van der Waals surface area contributed by atoms with E-state index in [-0.39, 0.29) is 16.4 Å². The van der Waals surface area contributed by atoms with Gasteiger partial charge in [-0.15, -0.1) is 4.40 Å². The van der Waals surface area contributed by atoms with E-state index in [4.69, 9.17) is 0 Å². The van der Waals surface area contributed by atoms with Crippen LogP contribution in [0.5, 0.6) is 0 Å². The number of fused-ring (bicyclic) bond motifs is 1. The Bertz CT molecular complexity index is 1130. The van der Waals surface area contributed by atoms with Crippen LogP contribution in [0.25, 0.3) is 0 Å². The van der Waals surface area contributed by atoms with Gasteiger partial charge in [0.05, 0.1) is 5.69 Å². The van der Waals surface area contributed by atoms with Gasteiger partial charge >= 0.3 is 0 Å². The highest BCUT2D eigenvalue weighted by atomic mass is 79.9. The van der Waals surface area contributed by atoms with Crippen LogP contribution in [-0.2, 0) is 16.4 Å². The molecule has 1 amide bonds. The zero-order valence-electron chi connectivity index (χ0n) is 17.6. The zero-order chi connectivity index (χ0) is 22.1. The highest BCUT2D eigenvalue weighted by Crippen LogP contribution is 2.33. The van der Waals surface area contributed by atoms with Crippen molar-refractivity contribution in [2.45, 2.75) is 51.9 Å². The van der Waals surface area contributed by atoms with Crippen molar-refractivity contribution in [3.8, 4) is 0 Å². The summed E-state index contributed by atoms with van der Waals surface area (Å²) in [6, 6.07) is 8.71. The van der Waals surface area contributed by atoms with Gasteiger partial charge in [-0.05, 0) is 68.1 Å². The van der Waals surface area contributed by atoms with Crippen molar-refractivity contribution in [3.63, 3.8) is 0 Å². The fourth-order valence-electron chi connectivity index (χ4n) is 3.59. The Hall–Kier alpha value is -2.19. The molecule has 2 aromatic carbocycles. The molecule has 160 valence electrons. The molecule has 0 atom stereocenters. The topological polar surface area (TPSA) is 78.8 Å². The van der Waals surface area contributed by atoms with Gasteiger partial charge in [0.1, 0.15) is 10.7 Å². The number of nitrogens with one attached hydrogen (secondary N) is 1. The van der Waals surface area contributed by atoms with Gasteiger partial charge in [-0.2, -0.15) is 8.42 Å². The Morgan fingerprint density at radius 1 is 1.17 bits per heavy atom. The molecule has 1 heterocycles. The van der Waals surface area contributed by atoms with Gasteiger partial charge in [0.2, 0.25) is 0 Å². The van der Waals surface area contributed by atoms with E-state index in [1.165, 1.54) is 6.07 Å². The first-order valence-corrected chi connectivity index (χ1v) is 12.2. The van der Waals surface area contributed by atoms with Crippen LogP contribution < -0.4 is 10.2 Å². The number of unbranched alkanes of at least 4 members (excludes halogenated alkanes) is 1. The van der Waals surface area contributed by atoms with Gasteiger partial charge in [-0.3, -0.25) is 4.79 Å². The number of anilines is 2. The fraction of sp³-hybridized carbons (Fsp3) is 0.364. The van der Waals surface area contributed by atoms with Crippen molar-refractivity contribution < 1.29 is 13.2 Å². The Morgan fingerprint density at radius 2 is 1.90 bits per heavy atom. The van der Waals surface area contributed by atoms with Crippen molar-refractivity contribution in [2.24, 2.45) is 4.40 Å². The van der Waals surface area contributed by atoms with E-state index < -0.39 is 10.0 Å². The number of hydrogen-bond acceptors (Lipinski definition) is 4. The lowest BCUT2D eigenvalue weighted by molar-refractivity contribution is 0.102. The van der Waals surface area contributed by atoms with Crippen LogP contribution in [0.3, 0.4) is 0 Å². The molecule has 30 heavy (non-hydrogen) atoms. The number of carbonyl (C=O) groups is 1. The standard InChI is InChI=1S/C22H26BrN3O3S/c1-5-7-10-26-15(4)25-30(28,29)20-13-17(8-9-19(20)26)22(27)24-21-14(3)11-18(23)12-16(21)6-2/h8-9,11-13H,5-7,10H2,1-4H3,(H,24,27). The number of amidine groups is 1.